The predicted octanol–water partition coefficient (Wildman–Crippen LogP) is -0.800. The molecule has 92 valence electrons. The fourth-order valence-electron chi connectivity index (χ4n) is 1.53. The maximum absolute atomic E-state index is 11.3. The predicted molar refractivity (Wildman–Crippen MR) is 53.5 cm³/mol. The van der Waals surface area contributed by atoms with E-state index in [4.69, 9.17) is 9.47 Å². The summed E-state index contributed by atoms with van der Waals surface area (Å²) < 4.78 is 14.4. The van der Waals surface area contributed by atoms with Gasteiger partial charge in [-0.1, -0.05) is 0 Å². The van der Waals surface area contributed by atoms with E-state index in [2.05, 4.69) is 4.74 Å². The summed E-state index contributed by atoms with van der Waals surface area (Å²) in [5.74, 6) is -0.531. The molecule has 0 aromatic rings. The number of rotatable bonds is 4. The number of carbonyl (C=O) groups is 1. The van der Waals surface area contributed by atoms with Gasteiger partial charge in [0.05, 0.1) is 13.2 Å². The van der Waals surface area contributed by atoms with Crippen molar-refractivity contribution in [3.63, 3.8) is 0 Å². The Hall–Kier alpha value is -0.950. The summed E-state index contributed by atoms with van der Waals surface area (Å²) in [5.41, 5.74) is 0.293. The van der Waals surface area contributed by atoms with Gasteiger partial charge in [-0.15, -0.1) is 0 Å². The molecule has 3 atom stereocenters. The lowest BCUT2D eigenvalue weighted by atomic mass is 9.92. The van der Waals surface area contributed by atoms with E-state index in [1.807, 2.05) is 0 Å². The van der Waals surface area contributed by atoms with Crippen LogP contribution < -0.4 is 0 Å². The molecule has 0 aromatic heterocycles. The first-order valence-electron chi connectivity index (χ1n) is 4.85. The highest BCUT2D eigenvalue weighted by Crippen LogP contribution is 2.22. The van der Waals surface area contributed by atoms with Crippen molar-refractivity contribution >= 4 is 5.97 Å². The molecule has 1 aliphatic carbocycles. The minimum absolute atomic E-state index is 0.0110. The summed E-state index contributed by atoms with van der Waals surface area (Å²) in [4.78, 5) is 11.3. The molecule has 1 rings (SSSR count). The first-order chi connectivity index (χ1) is 7.60. The molecule has 0 heterocycles. The highest BCUT2D eigenvalue weighted by Gasteiger charge is 2.33. The molecular weight excluding hydrogens is 216 g/mol. The van der Waals surface area contributed by atoms with Gasteiger partial charge < -0.3 is 24.4 Å². The molecule has 16 heavy (non-hydrogen) atoms. The van der Waals surface area contributed by atoms with E-state index in [9.17, 15) is 15.0 Å². The Labute approximate surface area is 93.4 Å². The van der Waals surface area contributed by atoms with Crippen molar-refractivity contribution in [2.24, 2.45) is 0 Å². The highest BCUT2D eigenvalue weighted by atomic mass is 16.7. The number of ether oxygens (including phenoxy) is 3. The summed E-state index contributed by atoms with van der Waals surface area (Å²) in [6, 6.07) is 0. The molecule has 0 fully saturated rings. The van der Waals surface area contributed by atoms with Crippen LogP contribution in [0.4, 0.5) is 0 Å². The topological polar surface area (TPSA) is 85.2 Å². The molecule has 0 saturated carbocycles. The zero-order valence-corrected chi connectivity index (χ0v) is 9.25. The molecule has 1 aliphatic rings. The molecule has 0 unspecified atom stereocenters. The normalized spacial score (nSPS) is 29.8. The van der Waals surface area contributed by atoms with Crippen molar-refractivity contribution in [1.29, 1.82) is 0 Å². The van der Waals surface area contributed by atoms with Crippen LogP contribution in [0.3, 0.4) is 0 Å². The van der Waals surface area contributed by atoms with E-state index in [1.165, 1.54) is 20.3 Å². The van der Waals surface area contributed by atoms with Gasteiger partial charge in [-0.2, -0.15) is 0 Å². The van der Waals surface area contributed by atoms with Gasteiger partial charge >= 0.3 is 5.97 Å². The molecule has 0 aliphatic heterocycles. The number of aliphatic hydroxyl groups excluding tert-OH is 2. The van der Waals surface area contributed by atoms with Crippen molar-refractivity contribution in [3.05, 3.63) is 11.6 Å². The lowest BCUT2D eigenvalue weighted by molar-refractivity contribution is -0.145. The third-order valence-electron chi connectivity index (χ3n) is 2.37. The van der Waals surface area contributed by atoms with E-state index < -0.39 is 24.3 Å². The molecule has 6 heteroatoms. The molecule has 0 amide bonds. The van der Waals surface area contributed by atoms with Gasteiger partial charge in [0.15, 0.2) is 0 Å². The van der Waals surface area contributed by atoms with E-state index in [0.29, 0.717) is 5.57 Å². The number of esters is 1. The fraction of sp³-hybridized carbons (Fsp3) is 0.700. The Kier molecular flexibility index (Phi) is 4.88. The summed E-state index contributed by atoms with van der Waals surface area (Å²) in [7, 11) is 2.70. The first kappa shape index (κ1) is 13.1. The van der Waals surface area contributed by atoms with Crippen LogP contribution in [-0.4, -0.2) is 55.5 Å². The second kappa shape index (κ2) is 5.95. The highest BCUT2D eigenvalue weighted by molar-refractivity contribution is 5.88. The van der Waals surface area contributed by atoms with Crippen LogP contribution in [0.15, 0.2) is 11.6 Å². The summed E-state index contributed by atoms with van der Waals surface area (Å²) >= 11 is 0. The second-order valence-corrected chi connectivity index (χ2v) is 3.48. The Balaban J connectivity index is 2.69. The van der Waals surface area contributed by atoms with E-state index in [1.54, 1.807) is 0 Å². The lowest BCUT2D eigenvalue weighted by Crippen LogP contribution is -2.42. The Morgan fingerprint density at radius 2 is 2.19 bits per heavy atom. The van der Waals surface area contributed by atoms with E-state index >= 15 is 0 Å². The Bertz CT molecular complexity index is 274. The summed E-state index contributed by atoms with van der Waals surface area (Å²) in [6.07, 6.45) is -1.40. The number of aliphatic hydroxyl groups is 2. The third kappa shape index (κ3) is 3.02. The Morgan fingerprint density at radius 1 is 1.50 bits per heavy atom. The summed E-state index contributed by atoms with van der Waals surface area (Å²) in [6.45, 7) is -0.0110. The number of carbonyl (C=O) groups excluding carboxylic acids is 1. The molecule has 6 nitrogen and oxygen atoms in total. The van der Waals surface area contributed by atoms with Crippen LogP contribution in [0.5, 0.6) is 0 Å². The van der Waals surface area contributed by atoms with E-state index in [-0.39, 0.29) is 13.2 Å². The fourth-order valence-corrected chi connectivity index (χ4v) is 1.53. The summed E-state index contributed by atoms with van der Waals surface area (Å²) in [5, 5.41) is 19.1. The van der Waals surface area contributed by atoms with Crippen molar-refractivity contribution in [2.75, 3.05) is 21.0 Å². The van der Waals surface area contributed by atoms with Crippen molar-refractivity contribution in [3.8, 4) is 0 Å². The SMILES string of the molecule is COCO[C@@H]1CC(C(=O)OC)=C[C@H](O)[C@H]1O. The molecule has 0 spiro atoms. The number of hydrogen-bond acceptors (Lipinski definition) is 6. The molecular formula is C10H16O6. The van der Waals surface area contributed by atoms with Gasteiger partial charge in [0.1, 0.15) is 19.0 Å². The van der Waals surface area contributed by atoms with Gasteiger partial charge in [-0.05, 0) is 6.08 Å². The smallest absolute Gasteiger partial charge is 0.333 e. The molecule has 2 N–H and O–H groups in total. The van der Waals surface area contributed by atoms with Crippen LogP contribution in [-0.2, 0) is 19.0 Å². The molecule has 0 bridgehead atoms. The second-order valence-electron chi connectivity index (χ2n) is 3.48. The van der Waals surface area contributed by atoms with Gasteiger partial charge in [-0.3, -0.25) is 0 Å². The van der Waals surface area contributed by atoms with Crippen molar-refractivity contribution < 1.29 is 29.2 Å². The average Bonchev–Trinajstić information content (AvgIpc) is 2.29. The third-order valence-corrected chi connectivity index (χ3v) is 2.37. The molecule has 0 saturated heterocycles. The maximum Gasteiger partial charge on any atom is 0.333 e. The standard InChI is InChI=1S/C10H16O6/c1-14-5-16-8-4-6(10(13)15-2)3-7(11)9(8)12/h3,7-9,11-12H,4-5H2,1-2H3/t7-,8+,9+/m0/s1. The van der Waals surface area contributed by atoms with Crippen molar-refractivity contribution in [2.45, 2.75) is 24.7 Å². The van der Waals surface area contributed by atoms with Gasteiger partial charge in [0.2, 0.25) is 0 Å². The Morgan fingerprint density at radius 3 is 2.75 bits per heavy atom. The monoisotopic (exact) mass is 232 g/mol. The first-order valence-corrected chi connectivity index (χ1v) is 4.85. The largest absolute Gasteiger partial charge is 0.466 e. The van der Waals surface area contributed by atoms with Crippen LogP contribution in [0.1, 0.15) is 6.42 Å². The van der Waals surface area contributed by atoms with Crippen molar-refractivity contribution in [1.82, 2.24) is 0 Å². The molecule has 0 aromatic carbocycles. The minimum atomic E-state index is -1.13. The quantitative estimate of drug-likeness (QED) is 0.487. The minimum Gasteiger partial charge on any atom is -0.466 e. The van der Waals surface area contributed by atoms with Crippen LogP contribution in [0, 0.1) is 0 Å². The van der Waals surface area contributed by atoms with Crippen LogP contribution in [0.2, 0.25) is 0 Å². The average molecular weight is 232 g/mol. The zero-order valence-electron chi connectivity index (χ0n) is 9.25. The van der Waals surface area contributed by atoms with E-state index in [0.717, 1.165) is 0 Å². The van der Waals surface area contributed by atoms with Gasteiger partial charge in [0, 0.05) is 19.1 Å². The number of methoxy groups -OCH3 is 2. The van der Waals surface area contributed by atoms with Crippen LogP contribution >= 0.6 is 0 Å². The van der Waals surface area contributed by atoms with Gasteiger partial charge in [-0.25, -0.2) is 4.79 Å². The molecule has 0 radical (unpaired) electrons. The lowest BCUT2D eigenvalue weighted by Gasteiger charge is -2.30. The van der Waals surface area contributed by atoms with Crippen LogP contribution in [0.25, 0.3) is 0 Å². The maximum atomic E-state index is 11.3. The number of hydrogen-bond donors (Lipinski definition) is 2. The zero-order chi connectivity index (χ0) is 12.1. The van der Waals surface area contributed by atoms with Gasteiger partial charge in [0.25, 0.3) is 0 Å².